The fourth-order valence-electron chi connectivity index (χ4n) is 3.18. The van der Waals surface area contributed by atoms with Crippen molar-refractivity contribution in [1.29, 1.82) is 0 Å². The van der Waals surface area contributed by atoms with Gasteiger partial charge in [-0.25, -0.2) is 0 Å². The Morgan fingerprint density at radius 3 is 2.63 bits per heavy atom. The topological polar surface area (TPSA) is 59.8 Å². The molecular formula is C20H19ClN4OS. The van der Waals surface area contributed by atoms with Crippen LogP contribution in [0.25, 0.3) is 0 Å². The Balaban J connectivity index is 1.34. The monoisotopic (exact) mass is 398 g/mol. The Kier molecular flexibility index (Phi) is 5.18. The fraction of sp³-hybridized carbons (Fsp3) is 0.250. The maximum absolute atomic E-state index is 12.1. The predicted molar refractivity (Wildman–Crippen MR) is 108 cm³/mol. The van der Waals surface area contributed by atoms with E-state index in [0.29, 0.717) is 16.9 Å². The maximum atomic E-state index is 12.1. The molecule has 1 heterocycles. The maximum Gasteiger partial charge on any atom is 0.234 e. The SMILES string of the molecule is Cn1c(SCC(=O)Nc2ccc(Cl)cc2)nnc1C1CC1c1ccccc1. The van der Waals surface area contributed by atoms with Gasteiger partial charge in [-0.3, -0.25) is 4.79 Å². The Hall–Kier alpha value is -2.31. The summed E-state index contributed by atoms with van der Waals surface area (Å²) in [5.41, 5.74) is 2.08. The standard InChI is InChI=1S/C20H19ClN4OS/c1-25-19(17-11-16(17)13-5-3-2-4-6-13)23-24-20(25)27-12-18(26)22-15-9-7-14(21)8-10-15/h2-10,16-17H,11-12H2,1H3,(H,22,26). The number of thioether (sulfide) groups is 1. The Bertz CT molecular complexity index is 942. The first-order chi connectivity index (χ1) is 13.1. The lowest BCUT2D eigenvalue weighted by Crippen LogP contribution is -2.14. The lowest BCUT2D eigenvalue weighted by atomic mass is 10.1. The first-order valence-corrected chi connectivity index (χ1v) is 10.1. The molecule has 1 amide bonds. The molecule has 1 aliphatic rings. The van der Waals surface area contributed by atoms with Crippen molar-refractivity contribution in [2.45, 2.75) is 23.4 Å². The summed E-state index contributed by atoms with van der Waals surface area (Å²) in [6, 6.07) is 17.6. The number of halogens is 1. The molecule has 27 heavy (non-hydrogen) atoms. The lowest BCUT2D eigenvalue weighted by Gasteiger charge is -2.06. The van der Waals surface area contributed by atoms with E-state index in [4.69, 9.17) is 11.6 Å². The molecule has 0 bridgehead atoms. The van der Waals surface area contributed by atoms with Crippen molar-refractivity contribution in [3.63, 3.8) is 0 Å². The van der Waals surface area contributed by atoms with Crippen molar-refractivity contribution >= 4 is 35.0 Å². The summed E-state index contributed by atoms with van der Waals surface area (Å²) < 4.78 is 2.01. The molecule has 1 N–H and O–H groups in total. The number of nitrogens with one attached hydrogen (secondary N) is 1. The van der Waals surface area contributed by atoms with Crippen molar-refractivity contribution in [2.24, 2.45) is 7.05 Å². The molecule has 0 spiro atoms. The van der Waals surface area contributed by atoms with E-state index in [2.05, 4.69) is 39.8 Å². The molecule has 2 unspecified atom stereocenters. The predicted octanol–water partition coefficient (Wildman–Crippen LogP) is 4.47. The van der Waals surface area contributed by atoms with Gasteiger partial charge in [-0.2, -0.15) is 0 Å². The summed E-state index contributed by atoms with van der Waals surface area (Å²) in [5.74, 6) is 2.11. The minimum Gasteiger partial charge on any atom is -0.325 e. The van der Waals surface area contributed by atoms with Gasteiger partial charge < -0.3 is 9.88 Å². The van der Waals surface area contributed by atoms with Gasteiger partial charge in [0, 0.05) is 23.7 Å². The van der Waals surface area contributed by atoms with Crippen molar-refractivity contribution in [3.05, 3.63) is 71.0 Å². The minimum absolute atomic E-state index is 0.0829. The van der Waals surface area contributed by atoms with Gasteiger partial charge in [0.25, 0.3) is 0 Å². The molecule has 0 saturated heterocycles. The second-order valence-electron chi connectivity index (χ2n) is 6.60. The van der Waals surface area contributed by atoms with Crippen LogP contribution >= 0.6 is 23.4 Å². The molecule has 0 aliphatic heterocycles. The van der Waals surface area contributed by atoms with Gasteiger partial charge in [0.2, 0.25) is 5.91 Å². The van der Waals surface area contributed by atoms with Crippen LogP contribution in [0.3, 0.4) is 0 Å². The molecular weight excluding hydrogens is 380 g/mol. The van der Waals surface area contributed by atoms with Crippen LogP contribution in [0, 0.1) is 0 Å². The lowest BCUT2D eigenvalue weighted by molar-refractivity contribution is -0.113. The minimum atomic E-state index is -0.0829. The zero-order valence-electron chi connectivity index (χ0n) is 14.8. The number of nitrogens with zero attached hydrogens (tertiary/aromatic N) is 3. The molecule has 1 fully saturated rings. The summed E-state index contributed by atoms with van der Waals surface area (Å²) in [6.07, 6.45) is 1.09. The highest BCUT2D eigenvalue weighted by molar-refractivity contribution is 7.99. The molecule has 4 rings (SSSR count). The quantitative estimate of drug-likeness (QED) is 0.622. The van der Waals surface area contributed by atoms with E-state index in [-0.39, 0.29) is 11.7 Å². The van der Waals surface area contributed by atoms with Gasteiger partial charge in [-0.15, -0.1) is 10.2 Å². The van der Waals surface area contributed by atoms with E-state index in [9.17, 15) is 4.79 Å². The molecule has 2 aromatic carbocycles. The zero-order chi connectivity index (χ0) is 18.8. The fourth-order valence-corrected chi connectivity index (χ4v) is 4.03. The highest BCUT2D eigenvalue weighted by atomic mass is 35.5. The van der Waals surface area contributed by atoms with Crippen molar-refractivity contribution in [1.82, 2.24) is 14.8 Å². The van der Waals surface area contributed by atoms with Gasteiger partial charge in [-0.1, -0.05) is 53.7 Å². The first kappa shape index (κ1) is 18.1. The Labute approximate surface area is 167 Å². The van der Waals surface area contributed by atoms with E-state index in [1.165, 1.54) is 17.3 Å². The number of rotatable bonds is 6. The molecule has 1 saturated carbocycles. The zero-order valence-corrected chi connectivity index (χ0v) is 16.4. The number of anilines is 1. The third kappa shape index (κ3) is 4.17. The number of hydrogen-bond acceptors (Lipinski definition) is 4. The molecule has 138 valence electrons. The number of carbonyl (C=O) groups excluding carboxylic acids is 1. The first-order valence-electron chi connectivity index (χ1n) is 8.74. The second kappa shape index (κ2) is 7.74. The van der Waals surface area contributed by atoms with Crippen LogP contribution in [0.15, 0.2) is 59.8 Å². The summed E-state index contributed by atoms with van der Waals surface area (Å²) in [6.45, 7) is 0. The molecule has 0 radical (unpaired) electrons. The average Bonchev–Trinajstić information content (AvgIpc) is 3.39. The van der Waals surface area contributed by atoms with Crippen molar-refractivity contribution in [3.8, 4) is 0 Å². The van der Waals surface area contributed by atoms with Gasteiger partial charge in [0.15, 0.2) is 5.16 Å². The summed E-state index contributed by atoms with van der Waals surface area (Å²) in [4.78, 5) is 12.1. The van der Waals surface area contributed by atoms with E-state index in [1.807, 2.05) is 17.7 Å². The van der Waals surface area contributed by atoms with Gasteiger partial charge in [0.1, 0.15) is 5.82 Å². The summed E-state index contributed by atoms with van der Waals surface area (Å²) in [7, 11) is 1.97. The third-order valence-corrected chi connectivity index (χ3v) is 5.95. The van der Waals surface area contributed by atoms with Gasteiger partial charge in [-0.05, 0) is 42.2 Å². The number of amides is 1. The average molecular weight is 399 g/mol. The number of benzene rings is 2. The van der Waals surface area contributed by atoms with Gasteiger partial charge >= 0.3 is 0 Å². The Morgan fingerprint density at radius 2 is 1.89 bits per heavy atom. The number of carbonyl (C=O) groups is 1. The summed E-state index contributed by atoms with van der Waals surface area (Å²) >= 11 is 7.25. The molecule has 1 aromatic heterocycles. The number of aromatic nitrogens is 3. The van der Waals surface area contributed by atoms with Crippen LogP contribution in [-0.4, -0.2) is 26.4 Å². The normalized spacial score (nSPS) is 18.3. The van der Waals surface area contributed by atoms with Crippen LogP contribution < -0.4 is 5.32 Å². The van der Waals surface area contributed by atoms with E-state index >= 15 is 0 Å². The molecule has 2 atom stereocenters. The Morgan fingerprint density at radius 1 is 1.15 bits per heavy atom. The third-order valence-electron chi connectivity index (χ3n) is 4.68. The molecule has 7 heteroatoms. The second-order valence-corrected chi connectivity index (χ2v) is 7.98. The van der Waals surface area contributed by atoms with E-state index in [1.54, 1.807) is 24.3 Å². The number of hydrogen-bond donors (Lipinski definition) is 1. The molecule has 5 nitrogen and oxygen atoms in total. The smallest absolute Gasteiger partial charge is 0.234 e. The largest absolute Gasteiger partial charge is 0.325 e. The van der Waals surface area contributed by atoms with E-state index < -0.39 is 0 Å². The van der Waals surface area contributed by atoms with Crippen LogP contribution in [-0.2, 0) is 11.8 Å². The van der Waals surface area contributed by atoms with E-state index in [0.717, 1.165) is 23.1 Å². The van der Waals surface area contributed by atoms with Crippen LogP contribution in [0.4, 0.5) is 5.69 Å². The highest BCUT2D eigenvalue weighted by Gasteiger charge is 2.42. The van der Waals surface area contributed by atoms with Crippen LogP contribution in [0.2, 0.25) is 5.02 Å². The van der Waals surface area contributed by atoms with Crippen molar-refractivity contribution in [2.75, 3.05) is 11.1 Å². The molecule has 1 aliphatic carbocycles. The molecule has 3 aromatic rings. The van der Waals surface area contributed by atoms with Gasteiger partial charge in [0.05, 0.1) is 5.75 Å². The van der Waals surface area contributed by atoms with Crippen molar-refractivity contribution < 1.29 is 4.79 Å². The van der Waals surface area contributed by atoms with Crippen LogP contribution in [0.1, 0.15) is 29.6 Å². The highest BCUT2D eigenvalue weighted by Crippen LogP contribution is 2.54. The summed E-state index contributed by atoms with van der Waals surface area (Å²) in [5, 5.41) is 12.9. The van der Waals surface area contributed by atoms with Crippen LogP contribution in [0.5, 0.6) is 0 Å².